The summed E-state index contributed by atoms with van der Waals surface area (Å²) in [5.74, 6) is -0.784. The minimum Gasteiger partial charge on any atom is -0.394 e. The first-order chi connectivity index (χ1) is 22.7. The Morgan fingerprint density at radius 1 is 0.766 bits per heavy atom. The summed E-state index contributed by atoms with van der Waals surface area (Å²) in [4.78, 5) is 15.2. The Bertz CT molecular complexity index is 1650. The molecule has 9 nitrogen and oxygen atoms in total. The number of benzene rings is 4. The maximum atomic E-state index is 13.5. The fourth-order valence-corrected chi connectivity index (χ4v) is 6.63. The largest absolute Gasteiger partial charge is 0.394 e. The number of nitrogens with zero attached hydrogens (tertiary/aromatic N) is 1. The third-order valence-corrected chi connectivity index (χ3v) is 9.31. The van der Waals surface area contributed by atoms with Gasteiger partial charge in [-0.15, -0.1) is 0 Å². The number of hydrogen-bond donors (Lipinski definition) is 6. The topological polar surface area (TPSA) is 151 Å². The molecule has 47 heavy (non-hydrogen) atoms. The molecule has 2 aliphatic rings. The normalized spacial score (nSPS) is 27.3. The molecule has 4 aromatic carbocycles. The lowest BCUT2D eigenvalue weighted by molar-refractivity contribution is -0.250. The summed E-state index contributed by atoms with van der Waals surface area (Å²) >= 11 is 0. The summed E-state index contributed by atoms with van der Waals surface area (Å²) in [7, 11) is 0. The number of carbonyl (C=O) groups excluding carboxylic acids is 1. The smallest absolute Gasteiger partial charge is 0.233 e. The van der Waals surface area contributed by atoms with Crippen molar-refractivity contribution >= 4 is 11.6 Å². The molecule has 1 unspecified atom stereocenters. The molecule has 6 rings (SSSR count). The van der Waals surface area contributed by atoms with Gasteiger partial charge in [0.25, 0.3) is 0 Å². The van der Waals surface area contributed by atoms with E-state index >= 15 is 0 Å². The van der Waals surface area contributed by atoms with Crippen LogP contribution in [0.15, 0.2) is 103 Å². The molecule has 0 saturated carbocycles. The number of carbonyl (C=O) groups is 1. The van der Waals surface area contributed by atoms with Crippen LogP contribution in [0.2, 0.25) is 0 Å². The molecule has 0 aromatic heterocycles. The first-order valence-electron chi connectivity index (χ1n) is 15.7. The van der Waals surface area contributed by atoms with Crippen molar-refractivity contribution in [2.24, 2.45) is 5.92 Å². The van der Waals surface area contributed by atoms with Gasteiger partial charge in [0.2, 0.25) is 5.91 Å². The molecule has 6 N–H and O–H groups in total. The highest BCUT2D eigenvalue weighted by Gasteiger charge is 2.49. The van der Waals surface area contributed by atoms with Crippen molar-refractivity contribution in [2.75, 3.05) is 11.5 Å². The number of amides is 1. The second-order valence-corrected chi connectivity index (χ2v) is 12.2. The first kappa shape index (κ1) is 32.9. The third-order valence-electron chi connectivity index (χ3n) is 9.31. The van der Waals surface area contributed by atoms with Crippen molar-refractivity contribution in [1.82, 2.24) is 0 Å². The van der Waals surface area contributed by atoms with Crippen molar-refractivity contribution in [2.45, 2.75) is 61.6 Å². The highest BCUT2D eigenvalue weighted by molar-refractivity contribution is 6.03. The lowest BCUT2D eigenvalue weighted by Crippen LogP contribution is -2.59. The number of hydrogen-bond acceptors (Lipinski definition) is 8. The first-order valence-corrected chi connectivity index (χ1v) is 15.7. The van der Waals surface area contributed by atoms with Crippen molar-refractivity contribution < 1.29 is 44.6 Å². The predicted octanol–water partition coefficient (Wildman–Crippen LogP) is 3.59. The van der Waals surface area contributed by atoms with Crippen LogP contribution in [0.1, 0.15) is 47.8 Å². The van der Waals surface area contributed by atoms with Crippen LogP contribution in [0, 0.1) is 11.7 Å². The second-order valence-electron chi connectivity index (χ2n) is 12.2. The van der Waals surface area contributed by atoms with E-state index < -0.39 is 49.3 Å². The average molecular weight is 644 g/mol. The molecule has 2 saturated heterocycles. The zero-order valence-corrected chi connectivity index (χ0v) is 25.5. The third kappa shape index (κ3) is 6.59. The van der Waals surface area contributed by atoms with Gasteiger partial charge < -0.3 is 40.3 Å². The molecule has 0 spiro atoms. The molecule has 2 heterocycles. The maximum Gasteiger partial charge on any atom is 0.233 e. The summed E-state index contributed by atoms with van der Waals surface area (Å²) in [6.07, 6.45) is -8.52. The van der Waals surface area contributed by atoms with Crippen molar-refractivity contribution in [1.29, 1.82) is 0 Å². The van der Waals surface area contributed by atoms with Crippen LogP contribution >= 0.6 is 0 Å². The van der Waals surface area contributed by atoms with E-state index in [9.17, 15) is 39.8 Å². The fraction of sp³-hybridized carbons (Fsp3) is 0.324. The summed E-state index contributed by atoms with van der Waals surface area (Å²) in [6, 6.07) is 29.6. The molecule has 2 fully saturated rings. The highest BCUT2D eigenvalue weighted by Crippen LogP contribution is 2.46. The Kier molecular flexibility index (Phi) is 9.81. The van der Waals surface area contributed by atoms with Gasteiger partial charge in [0.05, 0.1) is 24.7 Å². The van der Waals surface area contributed by atoms with Gasteiger partial charge in [-0.3, -0.25) is 4.79 Å². The van der Waals surface area contributed by atoms with E-state index in [1.807, 2.05) is 60.7 Å². The minimum atomic E-state index is -1.60. The van der Waals surface area contributed by atoms with Crippen LogP contribution < -0.4 is 4.90 Å². The molecule has 1 amide bonds. The maximum absolute atomic E-state index is 13.5. The van der Waals surface area contributed by atoms with Crippen LogP contribution in [-0.2, 0) is 9.53 Å². The van der Waals surface area contributed by atoms with Gasteiger partial charge in [0.15, 0.2) is 0 Å². The molecule has 2 aliphatic heterocycles. The van der Waals surface area contributed by atoms with E-state index in [1.54, 1.807) is 35.2 Å². The highest BCUT2D eigenvalue weighted by atomic mass is 19.1. The fourth-order valence-electron chi connectivity index (χ4n) is 6.63. The summed E-state index contributed by atoms with van der Waals surface area (Å²) < 4.78 is 18.9. The van der Waals surface area contributed by atoms with E-state index in [1.165, 1.54) is 12.1 Å². The Balaban J connectivity index is 1.21. The van der Waals surface area contributed by atoms with E-state index in [2.05, 4.69) is 0 Å². The summed E-state index contributed by atoms with van der Waals surface area (Å²) in [6.45, 7) is -0.593. The van der Waals surface area contributed by atoms with Gasteiger partial charge in [-0.05, 0) is 71.0 Å². The number of anilines is 1. The van der Waals surface area contributed by atoms with Crippen molar-refractivity contribution in [3.63, 3.8) is 0 Å². The number of halogens is 1. The zero-order valence-electron chi connectivity index (χ0n) is 25.5. The monoisotopic (exact) mass is 643 g/mol. The van der Waals surface area contributed by atoms with E-state index in [-0.39, 0.29) is 23.7 Å². The molecule has 0 radical (unpaired) electrons. The lowest BCUT2D eigenvalue weighted by atomic mass is 9.78. The van der Waals surface area contributed by atoms with Crippen LogP contribution in [0.4, 0.5) is 10.1 Å². The molecular weight excluding hydrogens is 605 g/mol. The molecule has 246 valence electrons. The molecule has 9 atom stereocenters. The second kappa shape index (κ2) is 14.0. The predicted molar refractivity (Wildman–Crippen MR) is 171 cm³/mol. The van der Waals surface area contributed by atoms with Gasteiger partial charge in [-0.25, -0.2) is 4.39 Å². The number of aliphatic hydroxyl groups is 6. The zero-order chi connectivity index (χ0) is 33.2. The average Bonchev–Trinajstić information content (AvgIpc) is 3.10. The van der Waals surface area contributed by atoms with Gasteiger partial charge in [-0.1, -0.05) is 72.8 Å². The van der Waals surface area contributed by atoms with Crippen LogP contribution in [0.25, 0.3) is 11.1 Å². The summed E-state index contributed by atoms with van der Waals surface area (Å²) in [5, 5.41) is 62.2. The standard InChI is InChI=1S/C37H38FNO8/c38-26-15-13-22(14-16-26)29(41)18-17-28-31(39(37(28)46)27-7-2-1-3-8-27)23-11-9-21(10-12-23)24-5-4-6-25(19-24)32(42)36-35(45)34(44)33(43)30(20-40)47-36/h1-16,19,28-36,40-45H,17-18,20H2/t28-,29+,30?,31-,32-,33+,34-,35+,36-/m1/s1. The van der Waals surface area contributed by atoms with Crippen molar-refractivity contribution in [3.8, 4) is 11.1 Å². The van der Waals surface area contributed by atoms with Gasteiger partial charge >= 0.3 is 0 Å². The number of β-lactam (4-membered cyclic amide) rings is 1. The summed E-state index contributed by atoms with van der Waals surface area (Å²) in [5.41, 5.74) is 4.29. The Morgan fingerprint density at radius 3 is 2.15 bits per heavy atom. The van der Waals surface area contributed by atoms with E-state index in [0.29, 0.717) is 24.0 Å². The van der Waals surface area contributed by atoms with E-state index in [4.69, 9.17) is 4.74 Å². The SMILES string of the molecule is O=C1[C@H](CC[C@H](O)c2ccc(F)cc2)[C@@H](c2ccc(-c3cccc([C@@H](O)[C@H]4OC(CO)[C@H](O)[C@@H](O)[C@@H]4O)c3)cc2)N1c1ccccc1. The lowest BCUT2D eigenvalue weighted by Gasteiger charge is -2.48. The number of para-hydroxylation sites is 1. The van der Waals surface area contributed by atoms with Gasteiger partial charge in [-0.2, -0.15) is 0 Å². The molecule has 0 aliphatic carbocycles. The number of aliphatic hydroxyl groups excluding tert-OH is 6. The Labute approximate surface area is 271 Å². The molecule has 10 heteroatoms. The molecular formula is C37H38FNO8. The Morgan fingerprint density at radius 2 is 1.47 bits per heavy atom. The molecule has 0 bridgehead atoms. The minimum absolute atomic E-state index is 0.0357. The van der Waals surface area contributed by atoms with Crippen LogP contribution in [0.5, 0.6) is 0 Å². The molecule has 4 aromatic rings. The van der Waals surface area contributed by atoms with Crippen LogP contribution in [0.3, 0.4) is 0 Å². The van der Waals surface area contributed by atoms with Crippen molar-refractivity contribution in [3.05, 3.63) is 126 Å². The Hall–Kier alpha value is -4.00. The quantitative estimate of drug-likeness (QED) is 0.144. The van der Waals surface area contributed by atoms with E-state index in [0.717, 1.165) is 22.4 Å². The number of ether oxygens (including phenoxy) is 1. The number of rotatable bonds is 10. The van der Waals surface area contributed by atoms with Gasteiger partial charge in [0.1, 0.15) is 42.4 Å². The van der Waals surface area contributed by atoms with Gasteiger partial charge in [0, 0.05) is 5.69 Å². The van der Waals surface area contributed by atoms with Crippen LogP contribution in [-0.4, -0.2) is 73.7 Å².